The van der Waals surface area contributed by atoms with E-state index in [0.717, 1.165) is 0 Å². The molecule has 1 aromatic rings. The molecule has 0 spiro atoms. The highest BCUT2D eigenvalue weighted by Crippen LogP contribution is 2.24. The second kappa shape index (κ2) is 8.19. The molecule has 102 valence electrons. The molecule has 0 bridgehead atoms. The van der Waals surface area contributed by atoms with E-state index in [4.69, 9.17) is 32.7 Å². The van der Waals surface area contributed by atoms with E-state index < -0.39 is 12.1 Å². The van der Waals surface area contributed by atoms with Gasteiger partial charge in [-0.1, -0.05) is 29.3 Å². The molecule has 0 saturated heterocycles. The average Bonchev–Trinajstić information content (AvgIpc) is 2.36. The summed E-state index contributed by atoms with van der Waals surface area (Å²) in [7, 11) is 0. The fraction of sp³-hybridized carbons (Fsp3) is 0.357. The van der Waals surface area contributed by atoms with Gasteiger partial charge in [0.1, 0.15) is 0 Å². The summed E-state index contributed by atoms with van der Waals surface area (Å²) in [4.78, 5) is 11.9. The molecule has 0 radical (unpaired) electrons. The van der Waals surface area contributed by atoms with Crippen LogP contribution in [-0.4, -0.2) is 25.3 Å². The maximum atomic E-state index is 11.9. The maximum Gasteiger partial charge on any atom is 0.239 e. The fourth-order valence-electron chi connectivity index (χ4n) is 1.34. The first-order chi connectivity index (χ1) is 9.10. The number of ether oxygens (including phenoxy) is 2. The van der Waals surface area contributed by atoms with Crippen molar-refractivity contribution in [2.75, 3.05) is 13.2 Å². The van der Waals surface area contributed by atoms with Crippen molar-refractivity contribution in [3.05, 3.63) is 33.8 Å². The number of Topliss-reactive ketones (excluding diaryl/α,β-unsaturated/α-hetero) is 1. The molecule has 19 heavy (non-hydrogen) atoms. The predicted octanol–water partition coefficient (Wildman–Crippen LogP) is 3.58. The van der Waals surface area contributed by atoms with Crippen molar-refractivity contribution < 1.29 is 14.3 Å². The zero-order valence-electron chi connectivity index (χ0n) is 10.7. The molecule has 3 nitrogen and oxygen atoms in total. The third kappa shape index (κ3) is 4.85. The van der Waals surface area contributed by atoms with Gasteiger partial charge in [-0.2, -0.15) is 0 Å². The predicted molar refractivity (Wildman–Crippen MR) is 75.6 cm³/mol. The third-order valence-corrected chi connectivity index (χ3v) is 2.76. The Morgan fingerprint density at radius 3 is 2.21 bits per heavy atom. The summed E-state index contributed by atoms with van der Waals surface area (Å²) < 4.78 is 10.4. The standard InChI is InChI=1S/C14H14Cl2O3/c1-3-18-13(19-4-2)9-8-12(17)14-10(15)6-5-7-11(14)16/h5-7,13H,3-4H2,1-2H3. The number of hydrogen-bond donors (Lipinski definition) is 0. The number of carbonyl (C=O) groups is 1. The van der Waals surface area contributed by atoms with Gasteiger partial charge in [0.15, 0.2) is 0 Å². The van der Waals surface area contributed by atoms with Crippen molar-refractivity contribution in [3.63, 3.8) is 0 Å². The number of hydrogen-bond acceptors (Lipinski definition) is 3. The van der Waals surface area contributed by atoms with Crippen LogP contribution in [0.4, 0.5) is 0 Å². The minimum atomic E-state index is -0.722. The van der Waals surface area contributed by atoms with E-state index in [9.17, 15) is 4.79 Å². The molecular weight excluding hydrogens is 287 g/mol. The SMILES string of the molecule is CCOC(C#CC(=O)c1c(Cl)cccc1Cl)OCC. The largest absolute Gasteiger partial charge is 0.342 e. The van der Waals surface area contributed by atoms with Crippen molar-refractivity contribution in [1.82, 2.24) is 0 Å². The topological polar surface area (TPSA) is 35.5 Å². The molecule has 1 aromatic carbocycles. The summed E-state index contributed by atoms with van der Waals surface area (Å²) in [6, 6.07) is 4.84. The smallest absolute Gasteiger partial charge is 0.239 e. The van der Waals surface area contributed by atoms with Crippen LogP contribution in [-0.2, 0) is 9.47 Å². The lowest BCUT2D eigenvalue weighted by atomic mass is 10.1. The van der Waals surface area contributed by atoms with Crippen molar-refractivity contribution >= 4 is 29.0 Å². The lowest BCUT2D eigenvalue weighted by Crippen LogP contribution is -2.15. The molecule has 0 heterocycles. The summed E-state index contributed by atoms with van der Waals surface area (Å²) in [6.07, 6.45) is -0.722. The number of carbonyl (C=O) groups excluding carboxylic acids is 1. The molecule has 0 N–H and O–H groups in total. The van der Waals surface area contributed by atoms with Crippen molar-refractivity contribution in [3.8, 4) is 11.8 Å². The van der Waals surface area contributed by atoms with Crippen LogP contribution >= 0.6 is 23.2 Å². The molecule has 0 aliphatic rings. The molecule has 0 aliphatic carbocycles. The van der Waals surface area contributed by atoms with E-state index >= 15 is 0 Å². The van der Waals surface area contributed by atoms with Crippen molar-refractivity contribution in [2.45, 2.75) is 20.1 Å². The number of rotatable bonds is 5. The molecule has 0 atom stereocenters. The lowest BCUT2D eigenvalue weighted by molar-refractivity contribution is -0.0970. The Labute approximate surface area is 122 Å². The van der Waals surface area contributed by atoms with Gasteiger partial charge in [-0.3, -0.25) is 4.79 Å². The van der Waals surface area contributed by atoms with Crippen LogP contribution in [0.5, 0.6) is 0 Å². The molecule has 0 aromatic heterocycles. The maximum absolute atomic E-state index is 11.9. The average molecular weight is 301 g/mol. The van der Waals surface area contributed by atoms with E-state index in [2.05, 4.69) is 11.8 Å². The second-order valence-corrected chi connectivity index (χ2v) is 4.25. The van der Waals surface area contributed by atoms with E-state index in [-0.39, 0.29) is 15.6 Å². The van der Waals surface area contributed by atoms with Gasteiger partial charge in [0, 0.05) is 13.2 Å². The molecule has 0 saturated carbocycles. The highest BCUT2D eigenvalue weighted by Gasteiger charge is 2.12. The van der Waals surface area contributed by atoms with Crippen LogP contribution in [0.25, 0.3) is 0 Å². The highest BCUT2D eigenvalue weighted by atomic mass is 35.5. The van der Waals surface area contributed by atoms with Crippen LogP contribution < -0.4 is 0 Å². The summed E-state index contributed by atoms with van der Waals surface area (Å²) in [5, 5.41) is 0.548. The van der Waals surface area contributed by atoms with Gasteiger partial charge in [0.25, 0.3) is 0 Å². The normalized spacial score (nSPS) is 10.2. The third-order valence-electron chi connectivity index (χ3n) is 2.13. The molecular formula is C14H14Cl2O3. The van der Waals surface area contributed by atoms with E-state index in [1.165, 1.54) is 0 Å². The Hall–Kier alpha value is -1.05. The van der Waals surface area contributed by atoms with Gasteiger partial charge in [-0.25, -0.2) is 0 Å². The first-order valence-corrected chi connectivity index (χ1v) is 6.58. The summed E-state index contributed by atoms with van der Waals surface area (Å²) >= 11 is 11.9. The Kier molecular flexibility index (Phi) is 6.90. The highest BCUT2D eigenvalue weighted by molar-refractivity contribution is 6.41. The van der Waals surface area contributed by atoms with Gasteiger partial charge >= 0.3 is 0 Å². The first kappa shape index (κ1) is 16.0. The van der Waals surface area contributed by atoms with Crippen molar-refractivity contribution in [1.29, 1.82) is 0 Å². The Bertz CT molecular complexity index is 477. The Balaban J connectivity index is 2.90. The Morgan fingerprint density at radius 1 is 1.21 bits per heavy atom. The van der Waals surface area contributed by atoms with Gasteiger partial charge in [0.2, 0.25) is 12.1 Å². The molecule has 0 fully saturated rings. The molecule has 0 amide bonds. The number of ketones is 1. The van der Waals surface area contributed by atoms with E-state index in [1.54, 1.807) is 18.2 Å². The summed E-state index contributed by atoms with van der Waals surface area (Å²) in [5.41, 5.74) is 0.199. The van der Waals surface area contributed by atoms with Crippen LogP contribution in [0, 0.1) is 11.8 Å². The van der Waals surface area contributed by atoms with Gasteiger partial charge < -0.3 is 9.47 Å². The van der Waals surface area contributed by atoms with Crippen LogP contribution in [0.1, 0.15) is 24.2 Å². The number of benzene rings is 1. The zero-order chi connectivity index (χ0) is 14.3. The van der Waals surface area contributed by atoms with E-state index in [0.29, 0.717) is 13.2 Å². The fourth-order valence-corrected chi connectivity index (χ4v) is 1.90. The van der Waals surface area contributed by atoms with Crippen molar-refractivity contribution in [2.24, 2.45) is 0 Å². The Morgan fingerprint density at radius 2 is 1.74 bits per heavy atom. The molecule has 5 heteroatoms. The monoisotopic (exact) mass is 300 g/mol. The second-order valence-electron chi connectivity index (χ2n) is 3.44. The minimum absolute atomic E-state index is 0.199. The minimum Gasteiger partial charge on any atom is -0.342 e. The quantitative estimate of drug-likeness (QED) is 0.361. The molecule has 1 rings (SSSR count). The van der Waals surface area contributed by atoms with Gasteiger partial charge in [0.05, 0.1) is 15.6 Å². The molecule has 0 aliphatic heterocycles. The lowest BCUT2D eigenvalue weighted by Gasteiger charge is -2.09. The van der Waals surface area contributed by atoms with E-state index in [1.807, 2.05) is 13.8 Å². The van der Waals surface area contributed by atoms with Crippen LogP contribution in [0.2, 0.25) is 10.0 Å². The summed E-state index contributed by atoms with van der Waals surface area (Å²) in [5.74, 6) is 4.60. The zero-order valence-corrected chi connectivity index (χ0v) is 12.2. The number of halogens is 2. The van der Waals surface area contributed by atoms with Crippen LogP contribution in [0.3, 0.4) is 0 Å². The van der Waals surface area contributed by atoms with Gasteiger partial charge in [-0.15, -0.1) is 0 Å². The first-order valence-electron chi connectivity index (χ1n) is 5.83. The molecule has 0 unspecified atom stereocenters. The van der Waals surface area contributed by atoms with Gasteiger partial charge in [-0.05, 0) is 37.8 Å². The van der Waals surface area contributed by atoms with Crippen LogP contribution in [0.15, 0.2) is 18.2 Å². The summed E-state index contributed by atoms with van der Waals surface area (Å²) in [6.45, 7) is 4.53.